The second-order valence-corrected chi connectivity index (χ2v) is 7.73. The number of hydrogen-bond donors (Lipinski definition) is 2. The maximum atomic E-state index is 13.4. The van der Waals surface area contributed by atoms with Crippen LogP contribution in [0.4, 0.5) is 21.8 Å². The molecule has 0 saturated heterocycles. The number of unbranched alkanes of at least 4 members (excludes halogenated alkanes) is 1. The van der Waals surface area contributed by atoms with Crippen LogP contribution in [0.5, 0.6) is 0 Å². The van der Waals surface area contributed by atoms with Crippen molar-refractivity contribution in [3.05, 3.63) is 77.2 Å². The molecule has 2 N–H and O–H groups in total. The monoisotopic (exact) mass is 457 g/mol. The Hall–Kier alpha value is -4.25. The molecular weight excluding hydrogens is 433 g/mol. The van der Waals surface area contributed by atoms with Gasteiger partial charge in [-0.1, -0.05) is 37.0 Å². The van der Waals surface area contributed by atoms with Crippen molar-refractivity contribution in [3.63, 3.8) is 0 Å². The van der Waals surface area contributed by atoms with Gasteiger partial charge in [0.15, 0.2) is 0 Å². The van der Waals surface area contributed by atoms with E-state index in [1.54, 1.807) is 42.6 Å². The average molecular weight is 458 g/mol. The first-order valence-electron chi connectivity index (χ1n) is 11.1. The van der Waals surface area contributed by atoms with E-state index in [1.807, 2.05) is 6.92 Å². The van der Waals surface area contributed by atoms with Crippen molar-refractivity contribution in [1.82, 2.24) is 14.9 Å². The summed E-state index contributed by atoms with van der Waals surface area (Å²) in [6.07, 6.45) is 3.59. The molecule has 7 nitrogen and oxygen atoms in total. The fraction of sp³-hybridized carbons (Fsp3) is 0.231. The van der Waals surface area contributed by atoms with Crippen LogP contribution in [0.1, 0.15) is 52.5 Å². The predicted molar refractivity (Wildman–Crippen MR) is 128 cm³/mol. The molecule has 0 spiro atoms. The molecule has 0 bridgehead atoms. The summed E-state index contributed by atoms with van der Waals surface area (Å²) in [5.41, 5.74) is 2.09. The van der Waals surface area contributed by atoms with Crippen LogP contribution >= 0.6 is 0 Å². The first-order valence-corrected chi connectivity index (χ1v) is 11.1. The van der Waals surface area contributed by atoms with Gasteiger partial charge in [0.05, 0.1) is 22.9 Å². The number of imide groups is 1. The van der Waals surface area contributed by atoms with Crippen LogP contribution in [0.25, 0.3) is 0 Å². The number of carbonyl (C=O) groups is 2. The van der Waals surface area contributed by atoms with Crippen LogP contribution in [-0.2, 0) is 0 Å². The first kappa shape index (κ1) is 22.9. The Morgan fingerprint density at radius 2 is 1.82 bits per heavy atom. The molecule has 34 heavy (non-hydrogen) atoms. The molecular formula is C26H24FN5O2. The molecule has 0 atom stereocenters. The Balaban J connectivity index is 1.39. The summed E-state index contributed by atoms with van der Waals surface area (Å²) >= 11 is 0. The number of nitrogens with one attached hydrogen (secondary N) is 2. The molecule has 0 aliphatic carbocycles. The number of benzene rings is 2. The van der Waals surface area contributed by atoms with E-state index in [4.69, 9.17) is 0 Å². The third-order valence-electron chi connectivity index (χ3n) is 5.20. The molecule has 0 fully saturated rings. The molecule has 3 aromatic rings. The number of rotatable bonds is 8. The van der Waals surface area contributed by atoms with E-state index in [0.717, 1.165) is 6.42 Å². The van der Waals surface area contributed by atoms with Gasteiger partial charge in [-0.2, -0.15) is 4.98 Å². The van der Waals surface area contributed by atoms with Gasteiger partial charge in [0.2, 0.25) is 5.95 Å². The predicted octanol–water partition coefficient (Wildman–Crippen LogP) is 4.61. The van der Waals surface area contributed by atoms with Crippen LogP contribution in [0.2, 0.25) is 0 Å². The zero-order chi connectivity index (χ0) is 23.9. The SMILES string of the molecule is CCCNc1nc(Nc2cccc(F)c2)ncc1C#CCCCN1C(=O)c2ccccc2C1=O. The van der Waals surface area contributed by atoms with Crippen molar-refractivity contribution >= 4 is 29.3 Å². The maximum absolute atomic E-state index is 13.4. The number of carbonyl (C=O) groups excluding carboxylic acids is 2. The molecule has 0 radical (unpaired) electrons. The molecule has 1 aromatic heterocycles. The van der Waals surface area contributed by atoms with E-state index < -0.39 is 0 Å². The highest BCUT2D eigenvalue weighted by Crippen LogP contribution is 2.23. The van der Waals surface area contributed by atoms with Crippen LogP contribution in [0.3, 0.4) is 0 Å². The lowest BCUT2D eigenvalue weighted by atomic mass is 10.1. The molecule has 8 heteroatoms. The molecule has 0 unspecified atom stereocenters. The maximum Gasteiger partial charge on any atom is 0.261 e. The van der Waals surface area contributed by atoms with Gasteiger partial charge in [-0.05, 0) is 43.2 Å². The van der Waals surface area contributed by atoms with E-state index in [9.17, 15) is 14.0 Å². The number of halogens is 1. The number of hydrogen-bond acceptors (Lipinski definition) is 6. The lowest BCUT2D eigenvalue weighted by molar-refractivity contribution is 0.0653. The quantitative estimate of drug-likeness (QED) is 0.292. The van der Waals surface area contributed by atoms with E-state index >= 15 is 0 Å². The summed E-state index contributed by atoms with van der Waals surface area (Å²) in [6, 6.07) is 12.9. The van der Waals surface area contributed by atoms with Gasteiger partial charge in [0.25, 0.3) is 11.8 Å². The minimum Gasteiger partial charge on any atom is -0.369 e. The summed E-state index contributed by atoms with van der Waals surface area (Å²) < 4.78 is 13.4. The standard InChI is InChI=1S/C26H24FN5O2/c1-2-14-28-23-18(17-29-26(31-23)30-20-11-8-10-19(27)16-20)9-4-3-7-15-32-24(33)21-12-5-6-13-22(21)25(32)34/h5-6,8,10-13,16-17H,2-3,7,14-15H2,1H3,(H2,28,29,30,31). The fourth-order valence-corrected chi connectivity index (χ4v) is 3.53. The largest absolute Gasteiger partial charge is 0.369 e. The van der Waals surface area contributed by atoms with Crippen molar-refractivity contribution in [1.29, 1.82) is 0 Å². The fourth-order valence-electron chi connectivity index (χ4n) is 3.53. The van der Waals surface area contributed by atoms with E-state index in [1.165, 1.54) is 17.0 Å². The molecule has 172 valence electrons. The minimum absolute atomic E-state index is 0.255. The van der Waals surface area contributed by atoms with Crippen molar-refractivity contribution in [2.24, 2.45) is 0 Å². The third kappa shape index (κ3) is 5.21. The summed E-state index contributed by atoms with van der Waals surface area (Å²) in [4.78, 5) is 34.9. The van der Waals surface area contributed by atoms with E-state index in [2.05, 4.69) is 32.4 Å². The second kappa shape index (κ2) is 10.6. The highest BCUT2D eigenvalue weighted by molar-refractivity contribution is 6.21. The first-order chi connectivity index (χ1) is 16.6. The van der Waals surface area contributed by atoms with Crippen LogP contribution in [-0.4, -0.2) is 39.8 Å². The minimum atomic E-state index is -0.349. The molecule has 2 aromatic carbocycles. The number of fused-ring (bicyclic) bond motifs is 1. The lowest BCUT2D eigenvalue weighted by Crippen LogP contribution is -2.30. The van der Waals surface area contributed by atoms with Gasteiger partial charge in [-0.15, -0.1) is 0 Å². The Morgan fingerprint density at radius 3 is 2.53 bits per heavy atom. The molecule has 1 aliphatic heterocycles. The number of anilines is 3. The zero-order valence-corrected chi connectivity index (χ0v) is 18.8. The van der Waals surface area contributed by atoms with Crippen molar-refractivity contribution in [3.8, 4) is 11.8 Å². The third-order valence-corrected chi connectivity index (χ3v) is 5.20. The Kier molecular flexibility index (Phi) is 7.13. The number of amides is 2. The van der Waals surface area contributed by atoms with Crippen LogP contribution in [0, 0.1) is 17.7 Å². The molecule has 4 rings (SSSR count). The van der Waals surface area contributed by atoms with Gasteiger partial charge in [0.1, 0.15) is 11.6 Å². The lowest BCUT2D eigenvalue weighted by Gasteiger charge is -2.12. The Morgan fingerprint density at radius 1 is 1.06 bits per heavy atom. The Bertz CT molecular complexity index is 1250. The smallest absolute Gasteiger partial charge is 0.261 e. The summed E-state index contributed by atoms with van der Waals surface area (Å²) in [5, 5.41) is 6.24. The summed E-state index contributed by atoms with van der Waals surface area (Å²) in [6.45, 7) is 3.07. The number of aromatic nitrogens is 2. The van der Waals surface area contributed by atoms with Gasteiger partial charge in [0, 0.05) is 25.2 Å². The van der Waals surface area contributed by atoms with Crippen molar-refractivity contribution < 1.29 is 14.0 Å². The van der Waals surface area contributed by atoms with Crippen LogP contribution < -0.4 is 10.6 Å². The molecule has 1 aliphatic rings. The van der Waals surface area contributed by atoms with Gasteiger partial charge >= 0.3 is 0 Å². The van der Waals surface area contributed by atoms with Gasteiger partial charge in [-0.3, -0.25) is 14.5 Å². The van der Waals surface area contributed by atoms with Gasteiger partial charge in [-0.25, -0.2) is 9.37 Å². The zero-order valence-electron chi connectivity index (χ0n) is 18.8. The topological polar surface area (TPSA) is 87.2 Å². The number of nitrogens with zero attached hydrogens (tertiary/aromatic N) is 3. The van der Waals surface area contributed by atoms with Crippen LogP contribution in [0.15, 0.2) is 54.7 Å². The molecule has 2 amide bonds. The summed E-state index contributed by atoms with van der Waals surface area (Å²) in [5.74, 6) is 6.22. The highest BCUT2D eigenvalue weighted by Gasteiger charge is 2.34. The van der Waals surface area contributed by atoms with Crippen molar-refractivity contribution in [2.45, 2.75) is 26.2 Å². The normalized spacial score (nSPS) is 12.2. The van der Waals surface area contributed by atoms with E-state index in [-0.39, 0.29) is 17.6 Å². The summed E-state index contributed by atoms with van der Waals surface area (Å²) in [7, 11) is 0. The second-order valence-electron chi connectivity index (χ2n) is 7.73. The average Bonchev–Trinajstić information content (AvgIpc) is 3.08. The molecule has 2 heterocycles. The molecule has 0 saturated carbocycles. The van der Waals surface area contributed by atoms with Gasteiger partial charge < -0.3 is 10.6 Å². The Labute approximate surface area is 197 Å². The van der Waals surface area contributed by atoms with Crippen molar-refractivity contribution in [2.75, 3.05) is 23.7 Å². The van der Waals surface area contributed by atoms with E-state index in [0.29, 0.717) is 60.1 Å². The highest BCUT2D eigenvalue weighted by atomic mass is 19.1.